The van der Waals surface area contributed by atoms with E-state index in [1.54, 1.807) is 36.9 Å². The summed E-state index contributed by atoms with van der Waals surface area (Å²) in [6, 6.07) is 2.49. The highest BCUT2D eigenvalue weighted by atomic mass is 16.7. The molecule has 3 amide bonds. The molecule has 5 unspecified atom stereocenters. The van der Waals surface area contributed by atoms with Gasteiger partial charge >= 0.3 is 5.97 Å². The van der Waals surface area contributed by atoms with Crippen molar-refractivity contribution in [2.45, 2.75) is 105 Å². The number of hydrogen-bond acceptors (Lipinski definition) is 7. The van der Waals surface area contributed by atoms with Crippen LogP contribution in [-0.4, -0.2) is 72.8 Å². The molecule has 10 heteroatoms. The third-order valence-electron chi connectivity index (χ3n) is 7.10. The van der Waals surface area contributed by atoms with Crippen molar-refractivity contribution in [3.63, 3.8) is 0 Å². The van der Waals surface area contributed by atoms with Gasteiger partial charge < -0.3 is 29.7 Å². The Bertz CT molecular complexity index is 1040. The van der Waals surface area contributed by atoms with E-state index in [1.165, 1.54) is 7.11 Å². The molecule has 1 fully saturated rings. The molecule has 1 saturated heterocycles. The highest BCUT2D eigenvalue weighted by Crippen LogP contribution is 2.27. The van der Waals surface area contributed by atoms with Crippen LogP contribution < -0.4 is 15.4 Å². The van der Waals surface area contributed by atoms with Crippen molar-refractivity contribution in [3.8, 4) is 5.75 Å². The molecule has 10 nitrogen and oxygen atoms in total. The molecule has 0 saturated carbocycles. The third kappa shape index (κ3) is 7.71. The Balaban J connectivity index is 2.38. The van der Waals surface area contributed by atoms with Gasteiger partial charge in [-0.05, 0) is 51.2 Å². The van der Waals surface area contributed by atoms with E-state index in [0.717, 1.165) is 0 Å². The monoisotopic (exact) mass is 547 g/mol. The zero-order valence-corrected chi connectivity index (χ0v) is 24.8. The predicted octanol–water partition coefficient (Wildman–Crippen LogP) is 3.35. The molecule has 2 rings (SSSR count). The average molecular weight is 548 g/mol. The average Bonchev–Trinajstić information content (AvgIpc) is 3.22. The van der Waals surface area contributed by atoms with Gasteiger partial charge in [-0.3, -0.25) is 19.2 Å². The summed E-state index contributed by atoms with van der Waals surface area (Å²) >= 11 is 0. The smallest absolute Gasteiger partial charge is 0.310 e. The van der Waals surface area contributed by atoms with E-state index in [-0.39, 0.29) is 18.4 Å². The Kier molecular flexibility index (Phi) is 11.3. The molecule has 218 valence electrons. The number of rotatable bonds is 12. The minimum absolute atomic E-state index is 0.00924. The van der Waals surface area contributed by atoms with E-state index in [4.69, 9.17) is 14.2 Å². The highest BCUT2D eigenvalue weighted by molar-refractivity contribution is 6.00. The molecule has 5 atom stereocenters. The second-order valence-corrected chi connectivity index (χ2v) is 11.0. The lowest BCUT2D eigenvalue weighted by molar-refractivity contribution is -0.165. The molecule has 1 aromatic carbocycles. The van der Waals surface area contributed by atoms with Crippen molar-refractivity contribution in [2.75, 3.05) is 13.7 Å². The van der Waals surface area contributed by atoms with Crippen LogP contribution in [0.4, 0.5) is 0 Å². The minimum Gasteiger partial charge on any atom is -0.496 e. The maximum Gasteiger partial charge on any atom is 0.310 e. The van der Waals surface area contributed by atoms with Crippen molar-refractivity contribution < 1.29 is 33.4 Å². The molecular formula is C29H45N3O7. The summed E-state index contributed by atoms with van der Waals surface area (Å²) in [5, 5.41) is 5.81. The number of esters is 1. The van der Waals surface area contributed by atoms with E-state index in [1.807, 2.05) is 41.5 Å². The van der Waals surface area contributed by atoms with Gasteiger partial charge in [0.2, 0.25) is 18.1 Å². The molecule has 39 heavy (non-hydrogen) atoms. The minimum atomic E-state index is -0.918. The largest absolute Gasteiger partial charge is 0.496 e. The Morgan fingerprint density at radius 2 is 1.82 bits per heavy atom. The van der Waals surface area contributed by atoms with Gasteiger partial charge in [-0.2, -0.15) is 0 Å². The van der Waals surface area contributed by atoms with E-state index < -0.39 is 47.6 Å². The van der Waals surface area contributed by atoms with Crippen LogP contribution in [-0.2, 0) is 23.9 Å². The van der Waals surface area contributed by atoms with Crippen LogP contribution >= 0.6 is 0 Å². The number of cyclic esters (lactones) is 1. The fourth-order valence-corrected chi connectivity index (χ4v) is 4.72. The molecular weight excluding hydrogens is 502 g/mol. The lowest BCUT2D eigenvalue weighted by atomic mass is 9.84. The molecule has 0 radical (unpaired) electrons. The van der Waals surface area contributed by atoms with Crippen molar-refractivity contribution in [1.29, 1.82) is 0 Å². The maximum absolute atomic E-state index is 14.2. The maximum atomic E-state index is 14.2. The van der Waals surface area contributed by atoms with E-state index in [9.17, 15) is 19.2 Å². The normalized spacial score (nSPS) is 19.5. The lowest BCUT2D eigenvalue weighted by Crippen LogP contribution is -2.62. The molecule has 0 bridgehead atoms. The van der Waals surface area contributed by atoms with Gasteiger partial charge in [0, 0.05) is 23.8 Å². The molecule has 0 spiro atoms. The van der Waals surface area contributed by atoms with Gasteiger partial charge in [0.25, 0.3) is 5.91 Å². The molecule has 1 aliphatic heterocycles. The number of nitrogens with zero attached hydrogens (tertiary/aromatic N) is 1. The first-order valence-corrected chi connectivity index (χ1v) is 13.7. The van der Waals surface area contributed by atoms with Gasteiger partial charge in [-0.25, -0.2) is 0 Å². The summed E-state index contributed by atoms with van der Waals surface area (Å²) in [7, 11) is 1.54. The van der Waals surface area contributed by atoms with Gasteiger partial charge in [0.05, 0.1) is 13.5 Å². The third-order valence-corrected chi connectivity index (χ3v) is 7.10. The van der Waals surface area contributed by atoms with E-state index in [0.29, 0.717) is 36.3 Å². The second-order valence-electron chi connectivity index (χ2n) is 11.0. The molecule has 0 aromatic heterocycles. The number of hydrogen-bond donors (Lipinski definition) is 2. The Hall–Kier alpha value is -3.14. The van der Waals surface area contributed by atoms with Crippen LogP contribution in [0, 0.1) is 12.3 Å². The summed E-state index contributed by atoms with van der Waals surface area (Å²) in [5.74, 6) is -1.04. The first-order chi connectivity index (χ1) is 18.3. The van der Waals surface area contributed by atoms with Crippen molar-refractivity contribution >= 4 is 23.7 Å². The van der Waals surface area contributed by atoms with Crippen LogP contribution in [0.25, 0.3) is 0 Å². The molecule has 1 heterocycles. The van der Waals surface area contributed by atoms with E-state index in [2.05, 4.69) is 10.6 Å². The van der Waals surface area contributed by atoms with E-state index >= 15 is 0 Å². The fraction of sp³-hybridized carbons (Fsp3) is 0.655. The second kappa shape index (κ2) is 13.8. The number of nitrogens with one attached hydrogen (secondary N) is 2. The van der Waals surface area contributed by atoms with Crippen LogP contribution in [0.1, 0.15) is 83.7 Å². The van der Waals surface area contributed by atoms with Crippen molar-refractivity contribution in [3.05, 3.63) is 29.3 Å². The van der Waals surface area contributed by atoms with Crippen molar-refractivity contribution in [1.82, 2.24) is 15.5 Å². The van der Waals surface area contributed by atoms with Gasteiger partial charge in [-0.15, -0.1) is 0 Å². The number of amides is 3. The number of carbonyl (C=O) groups is 4. The lowest BCUT2D eigenvalue weighted by Gasteiger charge is -2.41. The number of ether oxygens (including phenoxy) is 3. The van der Waals surface area contributed by atoms with Gasteiger partial charge in [-0.1, -0.05) is 40.7 Å². The van der Waals surface area contributed by atoms with Crippen LogP contribution in [0.5, 0.6) is 5.75 Å². The highest BCUT2D eigenvalue weighted by Gasteiger charge is 2.43. The summed E-state index contributed by atoms with van der Waals surface area (Å²) in [5.41, 5.74) is 0.412. The zero-order chi connectivity index (χ0) is 29.5. The standard InChI is InChI=1S/C29H45N3O7/c1-10-17(4)32(21(11-2)26(35)30-20-16-23(33)39-28(20)38-12-3)27(36)24(29(6,7)8)31-25(34)19-14-13-15-22(37-9)18(19)5/h13-15,17,20-21,24,28H,10-12,16H2,1-9H3,(H,30,35)(H,31,34). The van der Waals surface area contributed by atoms with Crippen LogP contribution in [0.15, 0.2) is 18.2 Å². The fourth-order valence-electron chi connectivity index (χ4n) is 4.72. The number of methoxy groups -OCH3 is 1. The molecule has 0 aliphatic carbocycles. The zero-order valence-electron chi connectivity index (χ0n) is 24.8. The predicted molar refractivity (Wildman–Crippen MR) is 147 cm³/mol. The number of benzene rings is 1. The first kappa shape index (κ1) is 32.1. The Labute approximate surface area is 232 Å². The first-order valence-electron chi connectivity index (χ1n) is 13.7. The topological polar surface area (TPSA) is 123 Å². The Morgan fingerprint density at radius 3 is 2.36 bits per heavy atom. The van der Waals surface area contributed by atoms with Crippen LogP contribution in [0.3, 0.4) is 0 Å². The van der Waals surface area contributed by atoms with Gasteiger partial charge in [0.1, 0.15) is 23.9 Å². The van der Waals surface area contributed by atoms with Gasteiger partial charge in [0.15, 0.2) is 0 Å². The summed E-state index contributed by atoms with van der Waals surface area (Å²) in [6.07, 6.45) is 0.0548. The quantitative estimate of drug-likeness (QED) is 0.385. The summed E-state index contributed by atoms with van der Waals surface area (Å²) in [4.78, 5) is 54.6. The molecule has 1 aliphatic rings. The Morgan fingerprint density at radius 1 is 1.15 bits per heavy atom. The number of carbonyl (C=O) groups excluding carboxylic acids is 4. The van der Waals surface area contributed by atoms with Crippen molar-refractivity contribution in [2.24, 2.45) is 5.41 Å². The molecule has 1 aromatic rings. The summed E-state index contributed by atoms with van der Waals surface area (Å²) in [6.45, 7) is 15.1. The molecule has 2 N–H and O–H groups in total. The van der Waals surface area contributed by atoms with Crippen LogP contribution in [0.2, 0.25) is 0 Å². The summed E-state index contributed by atoms with van der Waals surface area (Å²) < 4.78 is 16.0. The SMILES string of the molecule is CCOC1OC(=O)CC1NC(=O)C(CC)N(C(=O)C(NC(=O)c1cccc(OC)c1C)C(C)(C)C)C(C)CC.